The second-order valence-electron chi connectivity index (χ2n) is 11.2. The van der Waals surface area contributed by atoms with Gasteiger partial charge in [-0.25, -0.2) is 4.57 Å². The van der Waals surface area contributed by atoms with Crippen LogP contribution >= 0.6 is 7.82 Å². The van der Waals surface area contributed by atoms with Crippen molar-refractivity contribution in [1.82, 2.24) is 5.32 Å². The third-order valence-electron chi connectivity index (χ3n) is 7.02. The number of nitrogens with one attached hydrogen (secondary N) is 1. The maximum atomic E-state index is 12.2. The van der Waals surface area contributed by atoms with Crippen LogP contribution in [0.25, 0.3) is 0 Å². The van der Waals surface area contributed by atoms with Crippen LogP contribution in [0.4, 0.5) is 0 Å². The molecule has 0 aromatic rings. The van der Waals surface area contributed by atoms with E-state index in [0.717, 1.165) is 45.1 Å². The Morgan fingerprint density at radius 3 is 1.71 bits per heavy atom. The molecule has 3 N–H and O–H groups in total. The predicted molar refractivity (Wildman–Crippen MR) is 166 cm³/mol. The van der Waals surface area contributed by atoms with Crippen molar-refractivity contribution in [3.63, 3.8) is 0 Å². The summed E-state index contributed by atoms with van der Waals surface area (Å²) in [4.78, 5) is 41.0. The van der Waals surface area contributed by atoms with E-state index in [-0.39, 0.29) is 25.7 Å². The summed E-state index contributed by atoms with van der Waals surface area (Å²) in [6.07, 6.45) is 22.7. The Balaban J connectivity index is 3.73. The van der Waals surface area contributed by atoms with E-state index < -0.39 is 26.5 Å². The fourth-order valence-corrected chi connectivity index (χ4v) is 4.96. The quantitative estimate of drug-likeness (QED) is 0.0304. The van der Waals surface area contributed by atoms with Crippen molar-refractivity contribution in [2.75, 3.05) is 33.2 Å². The summed E-state index contributed by atoms with van der Waals surface area (Å²) in [5.41, 5.74) is 0. The Morgan fingerprint density at radius 1 is 0.690 bits per heavy atom. The van der Waals surface area contributed by atoms with Gasteiger partial charge in [0.05, 0.1) is 13.2 Å². The maximum absolute atomic E-state index is 12.2. The van der Waals surface area contributed by atoms with Gasteiger partial charge in [0, 0.05) is 26.5 Å². The molecule has 0 aliphatic heterocycles. The van der Waals surface area contributed by atoms with Crippen molar-refractivity contribution in [2.24, 2.45) is 0 Å². The van der Waals surface area contributed by atoms with Gasteiger partial charge in [0.2, 0.25) is 5.91 Å². The molecule has 0 spiro atoms. The lowest BCUT2D eigenvalue weighted by atomic mass is 10.1. The van der Waals surface area contributed by atoms with Crippen molar-refractivity contribution in [1.29, 1.82) is 0 Å². The molecule has 0 saturated heterocycles. The van der Waals surface area contributed by atoms with Crippen molar-refractivity contribution < 1.29 is 42.7 Å². The van der Waals surface area contributed by atoms with Crippen LogP contribution in [0.3, 0.4) is 0 Å². The van der Waals surface area contributed by atoms with E-state index in [9.17, 15) is 14.2 Å². The molecule has 42 heavy (non-hydrogen) atoms. The average Bonchev–Trinajstić information content (AvgIpc) is 2.93. The van der Waals surface area contributed by atoms with Crippen molar-refractivity contribution >= 4 is 19.7 Å². The Morgan fingerprint density at radius 2 is 1.19 bits per heavy atom. The summed E-state index contributed by atoms with van der Waals surface area (Å²) in [6, 6.07) is 0. The molecule has 0 aromatic heterocycles. The van der Waals surface area contributed by atoms with Gasteiger partial charge in [0.1, 0.15) is 12.9 Å². The Labute approximate surface area is 255 Å². The molecule has 0 fully saturated rings. The summed E-state index contributed by atoms with van der Waals surface area (Å²) < 4.78 is 31.9. The predicted octanol–water partition coefficient (Wildman–Crippen LogP) is 7.35. The van der Waals surface area contributed by atoms with Gasteiger partial charge in [-0.15, -0.1) is 0 Å². The molecule has 0 heterocycles. The molecule has 10 nitrogen and oxygen atoms in total. The highest BCUT2D eigenvalue weighted by molar-refractivity contribution is 7.46. The van der Waals surface area contributed by atoms with Gasteiger partial charge in [-0.1, -0.05) is 116 Å². The summed E-state index contributed by atoms with van der Waals surface area (Å²) in [7, 11) is -4.67. The van der Waals surface area contributed by atoms with E-state index in [4.69, 9.17) is 24.0 Å². The van der Waals surface area contributed by atoms with Gasteiger partial charge in [0.15, 0.2) is 0 Å². The van der Waals surface area contributed by atoms with Gasteiger partial charge < -0.3 is 29.3 Å². The van der Waals surface area contributed by atoms with E-state index in [1.54, 1.807) is 6.92 Å². The van der Waals surface area contributed by atoms with Crippen molar-refractivity contribution in [2.45, 2.75) is 155 Å². The largest absolute Gasteiger partial charge is 0.469 e. The normalized spacial score (nSPS) is 12.4. The number of phosphoric acid groups is 1. The Hall–Kier alpha value is -1.03. The SMILES string of the molecule is CCCCCCCCCCC(=O)O[C@@H](COCOCCCCCCCCCCCCCCNC(C)=O)COP(=O)(O)O. The molecule has 0 aliphatic rings. The molecular weight excluding hydrogens is 561 g/mol. The van der Waals surface area contributed by atoms with Crippen LogP contribution in [0.2, 0.25) is 0 Å². The van der Waals surface area contributed by atoms with E-state index in [1.807, 2.05) is 0 Å². The summed E-state index contributed by atoms with van der Waals surface area (Å²) >= 11 is 0. The van der Waals surface area contributed by atoms with Crippen LogP contribution in [0.15, 0.2) is 0 Å². The number of hydrogen-bond donors (Lipinski definition) is 3. The second kappa shape index (κ2) is 30.0. The lowest BCUT2D eigenvalue weighted by Gasteiger charge is -2.18. The first kappa shape index (κ1) is 41.0. The fourth-order valence-electron chi connectivity index (χ4n) is 4.60. The highest BCUT2D eigenvalue weighted by Crippen LogP contribution is 2.35. The third-order valence-corrected chi connectivity index (χ3v) is 7.51. The van der Waals surface area contributed by atoms with E-state index in [2.05, 4.69) is 16.8 Å². The number of ether oxygens (including phenoxy) is 3. The summed E-state index contributed by atoms with van der Waals surface area (Å²) in [6.45, 7) is 4.65. The minimum atomic E-state index is -4.67. The molecule has 1 amide bonds. The molecule has 0 saturated carbocycles. The lowest BCUT2D eigenvalue weighted by Crippen LogP contribution is -2.28. The van der Waals surface area contributed by atoms with Crippen LogP contribution in [0.5, 0.6) is 0 Å². The molecule has 0 aromatic carbocycles. The molecule has 0 rings (SSSR count). The maximum Gasteiger partial charge on any atom is 0.469 e. The summed E-state index contributed by atoms with van der Waals surface area (Å²) in [5, 5.41) is 2.83. The monoisotopic (exact) mass is 623 g/mol. The standard InChI is InChI=1S/C31H62NO9P/c1-3-4-5-6-7-14-17-20-23-31(34)41-30(27-40-42(35,36)37)26-39-28-38-25-22-19-16-13-11-9-8-10-12-15-18-21-24-32-29(2)33/h30H,3-28H2,1-2H3,(H,32,33)(H2,35,36,37)/t30-/m0/s1. The fraction of sp³-hybridized carbons (Fsp3) is 0.935. The van der Waals surface area contributed by atoms with Gasteiger partial charge in [-0.3, -0.25) is 14.1 Å². The smallest absolute Gasteiger partial charge is 0.457 e. The highest BCUT2D eigenvalue weighted by Gasteiger charge is 2.21. The van der Waals surface area contributed by atoms with Crippen LogP contribution in [-0.2, 0) is 32.9 Å². The van der Waals surface area contributed by atoms with Gasteiger partial charge in [0.25, 0.3) is 0 Å². The number of carbonyl (C=O) groups excluding carboxylic acids is 2. The first-order valence-corrected chi connectivity index (χ1v) is 18.1. The molecule has 0 aliphatic carbocycles. The van der Waals surface area contributed by atoms with Gasteiger partial charge in [-0.2, -0.15) is 0 Å². The zero-order valence-corrected chi connectivity index (χ0v) is 27.6. The number of amides is 1. The number of esters is 1. The second-order valence-corrected chi connectivity index (χ2v) is 12.5. The highest BCUT2D eigenvalue weighted by atomic mass is 31.2. The van der Waals surface area contributed by atoms with E-state index >= 15 is 0 Å². The Bertz CT molecular complexity index is 675. The third kappa shape index (κ3) is 33.5. The molecule has 250 valence electrons. The molecular formula is C31H62NO9P. The zero-order valence-electron chi connectivity index (χ0n) is 26.7. The zero-order chi connectivity index (χ0) is 31.2. The van der Waals surface area contributed by atoms with Crippen LogP contribution in [0.1, 0.15) is 149 Å². The van der Waals surface area contributed by atoms with Crippen LogP contribution in [-0.4, -0.2) is 60.9 Å². The van der Waals surface area contributed by atoms with E-state index in [1.165, 1.54) is 89.9 Å². The number of hydrogen-bond acceptors (Lipinski definition) is 7. The van der Waals surface area contributed by atoms with Crippen molar-refractivity contribution in [3.05, 3.63) is 0 Å². The molecule has 0 radical (unpaired) electrons. The number of unbranched alkanes of at least 4 members (excludes halogenated alkanes) is 18. The molecule has 11 heteroatoms. The molecule has 1 atom stereocenters. The van der Waals surface area contributed by atoms with Gasteiger partial charge >= 0.3 is 13.8 Å². The number of carbonyl (C=O) groups is 2. The minimum absolute atomic E-state index is 0.0230. The van der Waals surface area contributed by atoms with E-state index in [0.29, 0.717) is 6.61 Å². The van der Waals surface area contributed by atoms with Gasteiger partial charge in [-0.05, 0) is 19.3 Å². The van der Waals surface area contributed by atoms with Crippen LogP contribution < -0.4 is 5.32 Å². The van der Waals surface area contributed by atoms with Crippen LogP contribution in [0, 0.1) is 0 Å². The topological polar surface area (TPSA) is 141 Å². The first-order valence-electron chi connectivity index (χ1n) is 16.5. The first-order chi connectivity index (χ1) is 20.2. The minimum Gasteiger partial charge on any atom is -0.457 e. The van der Waals surface area contributed by atoms with Crippen molar-refractivity contribution in [3.8, 4) is 0 Å². The average molecular weight is 624 g/mol. The Kier molecular flexibility index (Phi) is 29.3. The molecule has 0 unspecified atom stereocenters. The number of rotatable bonds is 32. The number of phosphoric ester groups is 1. The lowest BCUT2D eigenvalue weighted by molar-refractivity contribution is -0.158. The summed E-state index contributed by atoms with van der Waals surface area (Å²) in [5.74, 6) is -0.364. The molecule has 0 bridgehead atoms.